The summed E-state index contributed by atoms with van der Waals surface area (Å²) in [5, 5.41) is 5.00. The number of rotatable bonds is 3. The van der Waals surface area contributed by atoms with Crippen LogP contribution < -0.4 is 5.32 Å². The number of anilines is 1. The maximum Gasteiger partial charge on any atom is 0.350 e. The maximum atomic E-state index is 14.3. The molecule has 1 aliphatic rings. The zero-order chi connectivity index (χ0) is 22.3. The van der Waals surface area contributed by atoms with Crippen molar-refractivity contribution in [2.45, 2.75) is 5.41 Å². The monoisotopic (exact) mass is 503 g/mol. The summed E-state index contributed by atoms with van der Waals surface area (Å²) in [6.45, 7) is 0. The van der Waals surface area contributed by atoms with E-state index < -0.39 is 11.4 Å². The third kappa shape index (κ3) is 3.02. The molecule has 4 nitrogen and oxygen atoms in total. The van der Waals surface area contributed by atoms with Crippen LogP contribution in [0, 0.1) is 0 Å². The highest BCUT2D eigenvalue weighted by molar-refractivity contribution is 9.10. The van der Waals surface area contributed by atoms with Crippen molar-refractivity contribution in [1.29, 1.82) is 0 Å². The summed E-state index contributed by atoms with van der Waals surface area (Å²) in [5.41, 5.74) is 3.60. The lowest BCUT2D eigenvalue weighted by Gasteiger charge is -2.34. The van der Waals surface area contributed by atoms with Crippen LogP contribution in [0.15, 0.2) is 88.7 Å². The summed E-state index contributed by atoms with van der Waals surface area (Å²) in [4.78, 5) is 27.1. The quantitative estimate of drug-likeness (QED) is 0.336. The first-order valence-corrected chi connectivity index (χ1v) is 11.7. The third-order valence-corrected chi connectivity index (χ3v) is 7.28. The second kappa shape index (κ2) is 8.04. The molecule has 0 aliphatic carbocycles. The van der Waals surface area contributed by atoms with Crippen molar-refractivity contribution in [3.8, 4) is 11.1 Å². The topological polar surface area (TPSA) is 55.4 Å². The lowest BCUT2D eigenvalue weighted by molar-refractivity contribution is -0.119. The molecule has 0 fully saturated rings. The minimum absolute atomic E-state index is 0.225. The molecule has 2 heterocycles. The molecule has 1 aromatic heterocycles. The van der Waals surface area contributed by atoms with E-state index >= 15 is 0 Å². The van der Waals surface area contributed by atoms with Gasteiger partial charge in [-0.1, -0.05) is 82.7 Å². The number of amides is 1. The minimum atomic E-state index is -1.12. The van der Waals surface area contributed by atoms with Crippen molar-refractivity contribution < 1.29 is 14.3 Å². The van der Waals surface area contributed by atoms with Crippen LogP contribution in [0.1, 0.15) is 26.4 Å². The van der Waals surface area contributed by atoms with Crippen LogP contribution in [0.4, 0.5) is 5.69 Å². The van der Waals surface area contributed by atoms with Crippen molar-refractivity contribution in [2.75, 3.05) is 12.4 Å². The smallest absolute Gasteiger partial charge is 0.350 e. The number of carbonyl (C=O) groups is 2. The predicted octanol–water partition coefficient (Wildman–Crippen LogP) is 6.25. The van der Waals surface area contributed by atoms with Crippen LogP contribution in [0.5, 0.6) is 0 Å². The van der Waals surface area contributed by atoms with Gasteiger partial charge in [0.2, 0.25) is 5.91 Å². The Morgan fingerprint density at radius 3 is 2.16 bits per heavy atom. The molecular weight excluding hydrogens is 486 g/mol. The second-order valence-corrected chi connectivity index (χ2v) is 9.27. The van der Waals surface area contributed by atoms with Gasteiger partial charge in [0.15, 0.2) is 0 Å². The fourth-order valence-corrected chi connectivity index (χ4v) is 5.73. The zero-order valence-electron chi connectivity index (χ0n) is 17.1. The minimum Gasteiger partial charge on any atom is -0.465 e. The standard InChI is InChI=1S/C26H18BrNO3S/c1-31-24(29)23-22-20(15-32-23)19-13-12-18(27)14-21(19)26(25(30)28-22,16-8-4-2-5-9-16)17-10-6-3-7-11-17/h2-15H,1H3,(H,28,30). The Labute approximate surface area is 198 Å². The van der Waals surface area contributed by atoms with Gasteiger partial charge in [-0.3, -0.25) is 4.79 Å². The molecular formula is C26H18BrNO3S. The van der Waals surface area contributed by atoms with Crippen molar-refractivity contribution in [3.05, 3.63) is 110 Å². The highest BCUT2D eigenvalue weighted by Crippen LogP contribution is 2.50. The van der Waals surface area contributed by atoms with Gasteiger partial charge < -0.3 is 10.1 Å². The number of methoxy groups -OCH3 is 1. The van der Waals surface area contributed by atoms with E-state index in [1.807, 2.05) is 84.2 Å². The van der Waals surface area contributed by atoms with Crippen LogP contribution in [-0.4, -0.2) is 19.0 Å². The molecule has 1 N–H and O–H groups in total. The highest BCUT2D eigenvalue weighted by Gasteiger charge is 2.48. The fourth-order valence-electron chi connectivity index (χ4n) is 4.43. The normalized spacial score (nSPS) is 14.0. The van der Waals surface area contributed by atoms with Gasteiger partial charge in [0.1, 0.15) is 10.3 Å². The van der Waals surface area contributed by atoms with Crippen LogP contribution in [-0.2, 0) is 14.9 Å². The van der Waals surface area contributed by atoms with E-state index in [0.29, 0.717) is 10.6 Å². The van der Waals surface area contributed by atoms with Crippen molar-refractivity contribution >= 4 is 44.8 Å². The molecule has 3 aromatic carbocycles. The molecule has 0 atom stereocenters. The van der Waals surface area contributed by atoms with Crippen molar-refractivity contribution in [3.63, 3.8) is 0 Å². The first-order valence-electron chi connectivity index (χ1n) is 10.00. The van der Waals surface area contributed by atoms with Gasteiger partial charge >= 0.3 is 5.97 Å². The summed E-state index contributed by atoms with van der Waals surface area (Å²) in [6, 6.07) is 25.4. The molecule has 0 unspecified atom stereocenters. The molecule has 32 heavy (non-hydrogen) atoms. The number of halogens is 1. The van der Waals surface area contributed by atoms with Crippen LogP contribution in [0.25, 0.3) is 11.1 Å². The molecule has 158 valence electrons. The van der Waals surface area contributed by atoms with E-state index in [0.717, 1.165) is 32.3 Å². The Balaban J connectivity index is 1.91. The van der Waals surface area contributed by atoms with E-state index in [1.165, 1.54) is 18.4 Å². The van der Waals surface area contributed by atoms with Gasteiger partial charge in [0.25, 0.3) is 0 Å². The Bertz CT molecular complexity index is 1290. The summed E-state index contributed by atoms with van der Waals surface area (Å²) in [5.74, 6) is -0.696. The average Bonchev–Trinajstić information content (AvgIpc) is 3.19. The first-order chi connectivity index (χ1) is 15.6. The van der Waals surface area contributed by atoms with E-state index in [-0.39, 0.29) is 5.91 Å². The molecule has 1 amide bonds. The Kier molecular flexibility index (Phi) is 5.19. The predicted molar refractivity (Wildman–Crippen MR) is 130 cm³/mol. The summed E-state index contributed by atoms with van der Waals surface area (Å²) >= 11 is 4.88. The van der Waals surface area contributed by atoms with Crippen molar-refractivity contribution in [2.24, 2.45) is 0 Å². The maximum absolute atomic E-state index is 14.3. The van der Waals surface area contributed by atoms with Crippen LogP contribution in [0.3, 0.4) is 0 Å². The molecule has 0 radical (unpaired) electrons. The molecule has 6 heteroatoms. The number of ether oxygens (including phenoxy) is 1. The highest BCUT2D eigenvalue weighted by atomic mass is 79.9. The number of hydrogen-bond donors (Lipinski definition) is 1. The Morgan fingerprint density at radius 2 is 1.56 bits per heavy atom. The number of esters is 1. The van der Waals surface area contributed by atoms with Gasteiger partial charge in [-0.05, 0) is 34.4 Å². The molecule has 0 saturated carbocycles. The Morgan fingerprint density at radius 1 is 0.938 bits per heavy atom. The SMILES string of the molecule is COC(=O)c1scc2c1NC(=O)C(c1ccccc1)(c1ccccc1)c1cc(Br)ccc1-2. The third-order valence-electron chi connectivity index (χ3n) is 5.83. The molecule has 5 rings (SSSR count). The number of carbonyl (C=O) groups excluding carboxylic acids is 2. The molecule has 0 spiro atoms. The molecule has 0 bridgehead atoms. The number of fused-ring (bicyclic) bond motifs is 3. The van der Waals surface area contributed by atoms with E-state index in [2.05, 4.69) is 21.2 Å². The largest absolute Gasteiger partial charge is 0.465 e. The van der Waals surface area contributed by atoms with Gasteiger partial charge in [0, 0.05) is 15.4 Å². The Hall–Kier alpha value is -3.22. The van der Waals surface area contributed by atoms with Gasteiger partial charge in [0.05, 0.1) is 12.8 Å². The van der Waals surface area contributed by atoms with E-state index in [4.69, 9.17) is 4.74 Å². The number of thiophene rings is 1. The second-order valence-electron chi connectivity index (χ2n) is 7.47. The molecule has 0 saturated heterocycles. The number of benzene rings is 3. The van der Waals surface area contributed by atoms with Crippen LogP contribution >= 0.6 is 27.3 Å². The summed E-state index contributed by atoms with van der Waals surface area (Å²) in [6.07, 6.45) is 0. The lowest BCUT2D eigenvalue weighted by Crippen LogP contribution is -2.42. The number of nitrogens with one attached hydrogen (secondary N) is 1. The summed E-state index contributed by atoms with van der Waals surface area (Å²) in [7, 11) is 1.34. The van der Waals surface area contributed by atoms with Crippen LogP contribution in [0.2, 0.25) is 0 Å². The molecule has 4 aromatic rings. The number of hydrogen-bond acceptors (Lipinski definition) is 4. The lowest BCUT2D eigenvalue weighted by atomic mass is 9.67. The van der Waals surface area contributed by atoms with Gasteiger partial charge in [-0.15, -0.1) is 11.3 Å². The zero-order valence-corrected chi connectivity index (χ0v) is 19.5. The van der Waals surface area contributed by atoms with Gasteiger partial charge in [-0.25, -0.2) is 4.79 Å². The average molecular weight is 504 g/mol. The fraction of sp³-hybridized carbons (Fsp3) is 0.0769. The molecule has 1 aliphatic heterocycles. The van der Waals surface area contributed by atoms with E-state index in [1.54, 1.807) is 0 Å². The first kappa shape index (κ1) is 20.7. The van der Waals surface area contributed by atoms with Gasteiger partial charge in [-0.2, -0.15) is 0 Å². The van der Waals surface area contributed by atoms with Crippen molar-refractivity contribution in [1.82, 2.24) is 0 Å². The van der Waals surface area contributed by atoms with E-state index in [9.17, 15) is 9.59 Å². The summed E-state index contributed by atoms with van der Waals surface area (Å²) < 4.78 is 5.85.